The number of nitrogens with one attached hydrogen (secondary N) is 2. The largest absolute Gasteiger partial charge is 0.370 e. The van der Waals surface area contributed by atoms with Gasteiger partial charge in [-0.2, -0.15) is 0 Å². The fourth-order valence-corrected chi connectivity index (χ4v) is 2.23. The van der Waals surface area contributed by atoms with Crippen LogP contribution < -0.4 is 10.6 Å². The zero-order valence-electron chi connectivity index (χ0n) is 12.5. The molecule has 1 aromatic rings. The highest BCUT2D eigenvalue weighted by Crippen LogP contribution is 2.18. The molecule has 20 heavy (non-hydrogen) atoms. The Bertz CT molecular complexity index is 435. The number of hydrogen-bond acceptors (Lipinski definition) is 3. The minimum atomic E-state index is -0.0701. The first-order chi connectivity index (χ1) is 9.54. The smallest absolute Gasteiger partial charge is 0.255 e. The minimum Gasteiger partial charge on any atom is -0.370 e. The SMILES string of the molecule is CCNc1ncc(Br)cc1C(=O)NCCCCC(C)C. The third kappa shape index (κ3) is 5.90. The maximum absolute atomic E-state index is 12.2. The van der Waals surface area contributed by atoms with E-state index in [4.69, 9.17) is 0 Å². The summed E-state index contributed by atoms with van der Waals surface area (Å²) in [5, 5.41) is 6.07. The summed E-state index contributed by atoms with van der Waals surface area (Å²) in [6, 6.07) is 1.80. The van der Waals surface area contributed by atoms with Crippen molar-refractivity contribution in [2.24, 2.45) is 5.92 Å². The van der Waals surface area contributed by atoms with Gasteiger partial charge in [0, 0.05) is 23.8 Å². The number of amides is 1. The molecular formula is C15H24BrN3O. The maximum atomic E-state index is 12.2. The van der Waals surface area contributed by atoms with Crippen LogP contribution in [-0.4, -0.2) is 24.0 Å². The number of carbonyl (C=O) groups excluding carboxylic acids is 1. The quantitative estimate of drug-likeness (QED) is 0.706. The highest BCUT2D eigenvalue weighted by molar-refractivity contribution is 9.10. The van der Waals surface area contributed by atoms with E-state index in [1.807, 2.05) is 6.92 Å². The molecule has 4 nitrogen and oxygen atoms in total. The topological polar surface area (TPSA) is 54.0 Å². The molecule has 1 aromatic heterocycles. The van der Waals surface area contributed by atoms with Crippen LogP contribution in [-0.2, 0) is 0 Å². The van der Waals surface area contributed by atoms with E-state index in [-0.39, 0.29) is 5.91 Å². The monoisotopic (exact) mass is 341 g/mol. The van der Waals surface area contributed by atoms with E-state index in [0.29, 0.717) is 17.9 Å². The van der Waals surface area contributed by atoms with Crippen LogP contribution in [0.15, 0.2) is 16.7 Å². The first-order valence-corrected chi connectivity index (χ1v) is 8.01. The highest BCUT2D eigenvalue weighted by Gasteiger charge is 2.12. The maximum Gasteiger partial charge on any atom is 0.255 e. The van der Waals surface area contributed by atoms with Crippen molar-refractivity contribution in [3.63, 3.8) is 0 Å². The van der Waals surface area contributed by atoms with Gasteiger partial charge in [-0.3, -0.25) is 4.79 Å². The lowest BCUT2D eigenvalue weighted by Gasteiger charge is -2.11. The number of aromatic nitrogens is 1. The molecule has 0 radical (unpaired) electrons. The number of anilines is 1. The van der Waals surface area contributed by atoms with E-state index in [1.165, 1.54) is 6.42 Å². The molecule has 0 saturated heterocycles. The van der Waals surface area contributed by atoms with Crippen molar-refractivity contribution in [3.05, 3.63) is 22.3 Å². The lowest BCUT2D eigenvalue weighted by molar-refractivity contribution is 0.0953. The summed E-state index contributed by atoms with van der Waals surface area (Å²) in [4.78, 5) is 16.4. The molecule has 5 heteroatoms. The molecule has 2 N–H and O–H groups in total. The third-order valence-corrected chi connectivity index (χ3v) is 3.37. The van der Waals surface area contributed by atoms with E-state index in [0.717, 1.165) is 29.8 Å². The van der Waals surface area contributed by atoms with E-state index in [9.17, 15) is 4.79 Å². The van der Waals surface area contributed by atoms with Crippen LogP contribution in [0.25, 0.3) is 0 Å². The number of halogens is 1. The summed E-state index contributed by atoms with van der Waals surface area (Å²) in [7, 11) is 0. The predicted octanol–water partition coefficient (Wildman–Crippen LogP) is 3.83. The van der Waals surface area contributed by atoms with Crippen LogP contribution >= 0.6 is 15.9 Å². The van der Waals surface area contributed by atoms with Gasteiger partial charge in [0.05, 0.1) is 5.56 Å². The molecule has 112 valence electrons. The molecule has 1 heterocycles. The van der Waals surface area contributed by atoms with Crippen molar-refractivity contribution in [2.75, 3.05) is 18.4 Å². The van der Waals surface area contributed by atoms with Crippen LogP contribution in [0.2, 0.25) is 0 Å². The Kier molecular flexibility index (Phi) is 7.59. The third-order valence-electron chi connectivity index (χ3n) is 2.94. The van der Waals surface area contributed by atoms with Crippen LogP contribution in [0, 0.1) is 5.92 Å². The van der Waals surface area contributed by atoms with Gasteiger partial charge in [-0.15, -0.1) is 0 Å². The average molecular weight is 342 g/mol. The average Bonchev–Trinajstić information content (AvgIpc) is 2.40. The Morgan fingerprint density at radius 1 is 1.40 bits per heavy atom. The Balaban J connectivity index is 2.52. The van der Waals surface area contributed by atoms with E-state index in [1.54, 1.807) is 12.3 Å². The molecule has 0 fully saturated rings. The van der Waals surface area contributed by atoms with Crippen LogP contribution in [0.3, 0.4) is 0 Å². The van der Waals surface area contributed by atoms with Gasteiger partial charge in [0.2, 0.25) is 0 Å². The first-order valence-electron chi connectivity index (χ1n) is 7.22. The molecule has 0 saturated carbocycles. The Hall–Kier alpha value is -1.10. The predicted molar refractivity (Wildman–Crippen MR) is 87.1 cm³/mol. The molecule has 0 aliphatic carbocycles. The normalized spacial score (nSPS) is 10.7. The second-order valence-electron chi connectivity index (χ2n) is 5.23. The molecular weight excluding hydrogens is 318 g/mol. The molecule has 0 atom stereocenters. The van der Waals surface area contributed by atoms with Gasteiger partial charge in [0.25, 0.3) is 5.91 Å². The Morgan fingerprint density at radius 3 is 2.80 bits per heavy atom. The van der Waals surface area contributed by atoms with Crippen molar-refractivity contribution >= 4 is 27.7 Å². The fraction of sp³-hybridized carbons (Fsp3) is 0.600. The molecule has 0 spiro atoms. The van der Waals surface area contributed by atoms with Gasteiger partial charge in [0.15, 0.2) is 0 Å². The zero-order chi connectivity index (χ0) is 15.0. The minimum absolute atomic E-state index is 0.0701. The number of rotatable bonds is 8. The molecule has 0 aromatic carbocycles. The molecule has 0 bridgehead atoms. The van der Waals surface area contributed by atoms with E-state index < -0.39 is 0 Å². The number of unbranched alkanes of at least 4 members (excludes halogenated alkanes) is 1. The summed E-state index contributed by atoms with van der Waals surface area (Å²) in [5.41, 5.74) is 0.588. The van der Waals surface area contributed by atoms with E-state index >= 15 is 0 Å². The van der Waals surface area contributed by atoms with Gasteiger partial charge < -0.3 is 10.6 Å². The molecule has 0 unspecified atom stereocenters. The second-order valence-corrected chi connectivity index (χ2v) is 6.14. The molecule has 0 aliphatic rings. The molecule has 1 amide bonds. The summed E-state index contributed by atoms with van der Waals surface area (Å²) < 4.78 is 0.809. The first kappa shape index (κ1) is 17.0. The van der Waals surface area contributed by atoms with Gasteiger partial charge in [0.1, 0.15) is 5.82 Å². The molecule has 1 rings (SSSR count). The van der Waals surface area contributed by atoms with E-state index in [2.05, 4.69) is 45.4 Å². The number of hydrogen-bond donors (Lipinski definition) is 2. The van der Waals surface area contributed by atoms with Gasteiger partial charge in [-0.1, -0.05) is 26.7 Å². The van der Waals surface area contributed by atoms with Crippen molar-refractivity contribution < 1.29 is 4.79 Å². The van der Waals surface area contributed by atoms with Crippen LogP contribution in [0.4, 0.5) is 5.82 Å². The summed E-state index contributed by atoms with van der Waals surface area (Å²) in [5.74, 6) is 1.29. The zero-order valence-corrected chi connectivity index (χ0v) is 14.1. The van der Waals surface area contributed by atoms with Crippen LogP contribution in [0.5, 0.6) is 0 Å². The summed E-state index contributed by atoms with van der Waals surface area (Å²) in [6.07, 6.45) is 5.06. The van der Waals surface area contributed by atoms with Gasteiger partial charge in [-0.05, 0) is 41.3 Å². The number of pyridine rings is 1. The van der Waals surface area contributed by atoms with Crippen molar-refractivity contribution in [3.8, 4) is 0 Å². The molecule has 0 aliphatic heterocycles. The lowest BCUT2D eigenvalue weighted by Crippen LogP contribution is -2.26. The second kappa shape index (κ2) is 8.95. The lowest BCUT2D eigenvalue weighted by atomic mass is 10.1. The van der Waals surface area contributed by atoms with Crippen molar-refractivity contribution in [1.82, 2.24) is 10.3 Å². The Labute approximate surface area is 129 Å². The van der Waals surface area contributed by atoms with Crippen molar-refractivity contribution in [2.45, 2.75) is 40.0 Å². The van der Waals surface area contributed by atoms with Gasteiger partial charge in [-0.25, -0.2) is 4.98 Å². The van der Waals surface area contributed by atoms with Crippen LogP contribution in [0.1, 0.15) is 50.4 Å². The highest BCUT2D eigenvalue weighted by atomic mass is 79.9. The number of nitrogens with zero attached hydrogens (tertiary/aromatic N) is 1. The summed E-state index contributed by atoms with van der Waals surface area (Å²) >= 11 is 3.35. The number of carbonyl (C=O) groups is 1. The van der Waals surface area contributed by atoms with Gasteiger partial charge >= 0.3 is 0 Å². The summed E-state index contributed by atoms with van der Waals surface area (Å²) in [6.45, 7) is 7.87. The standard InChI is InChI=1S/C15H24BrN3O/c1-4-17-14-13(9-12(16)10-19-14)15(20)18-8-6-5-7-11(2)3/h9-11H,4-8H2,1-3H3,(H,17,19)(H,18,20). The Morgan fingerprint density at radius 2 is 2.15 bits per heavy atom. The van der Waals surface area contributed by atoms with Crippen molar-refractivity contribution in [1.29, 1.82) is 0 Å². The fourth-order valence-electron chi connectivity index (χ4n) is 1.90.